The van der Waals surface area contributed by atoms with Crippen LogP contribution in [0.1, 0.15) is 142 Å². The van der Waals surface area contributed by atoms with Crippen LogP contribution in [0.3, 0.4) is 0 Å². The summed E-state index contributed by atoms with van der Waals surface area (Å²) in [5.41, 5.74) is 5.31. The number of carbonyl (C=O) groups is 3. The zero-order valence-electron chi connectivity index (χ0n) is 36.2. The number of carbonyl (C=O) groups excluding carboxylic acids is 2. The molecule has 0 fully saturated rings. The van der Waals surface area contributed by atoms with Gasteiger partial charge in [-0.25, -0.2) is 4.57 Å². The number of allylic oxidation sites excluding steroid dienone is 13. The summed E-state index contributed by atoms with van der Waals surface area (Å²) in [5, 5.41) is 29.6. The summed E-state index contributed by atoms with van der Waals surface area (Å²) in [7, 11) is -4.81. The van der Waals surface area contributed by atoms with E-state index >= 15 is 0 Å². The van der Waals surface area contributed by atoms with Crippen molar-refractivity contribution >= 4 is 25.7 Å². The molecule has 0 heterocycles. The van der Waals surface area contributed by atoms with Gasteiger partial charge >= 0.3 is 25.7 Å². The largest absolute Gasteiger partial charge is 0.480 e. The second-order valence-electron chi connectivity index (χ2n) is 14.4. The topological polar surface area (TPSA) is 212 Å². The summed E-state index contributed by atoms with van der Waals surface area (Å²) >= 11 is 0. The predicted molar refractivity (Wildman–Crippen MR) is 238 cm³/mol. The van der Waals surface area contributed by atoms with Crippen molar-refractivity contribution in [1.82, 2.24) is 0 Å². The number of carboxylic acids is 1. The van der Waals surface area contributed by atoms with Gasteiger partial charge in [0.1, 0.15) is 12.6 Å². The Kier molecular flexibility index (Phi) is 37.4. The Morgan fingerprint density at radius 1 is 0.600 bits per heavy atom. The van der Waals surface area contributed by atoms with Crippen LogP contribution in [-0.2, 0) is 37.5 Å². The van der Waals surface area contributed by atoms with Crippen molar-refractivity contribution in [2.24, 2.45) is 5.73 Å². The van der Waals surface area contributed by atoms with Gasteiger partial charge in [-0.05, 0) is 89.9 Å². The van der Waals surface area contributed by atoms with Gasteiger partial charge in [0.05, 0.1) is 25.4 Å². The van der Waals surface area contributed by atoms with Gasteiger partial charge in [0.15, 0.2) is 6.10 Å². The van der Waals surface area contributed by atoms with Crippen LogP contribution in [0.5, 0.6) is 0 Å². The van der Waals surface area contributed by atoms with E-state index in [1.807, 2.05) is 12.2 Å². The van der Waals surface area contributed by atoms with Gasteiger partial charge in [-0.15, -0.1) is 0 Å². The van der Waals surface area contributed by atoms with Crippen molar-refractivity contribution in [3.05, 3.63) is 85.1 Å². The molecule has 0 radical (unpaired) electrons. The molecule has 0 saturated heterocycles. The van der Waals surface area contributed by atoms with Crippen molar-refractivity contribution in [3.8, 4) is 0 Å². The molecule has 0 rings (SSSR count). The average Bonchev–Trinajstić information content (AvgIpc) is 3.22. The number of esters is 2. The van der Waals surface area contributed by atoms with Crippen LogP contribution in [0, 0.1) is 0 Å². The molecule has 0 aromatic rings. The van der Waals surface area contributed by atoms with E-state index in [-0.39, 0.29) is 32.1 Å². The zero-order valence-corrected chi connectivity index (χ0v) is 37.1. The number of carboxylic acid groups (broad SMARTS) is 1. The lowest BCUT2D eigenvalue weighted by atomic mass is 10.0. The number of phosphoric ester groups is 1. The number of aliphatic carboxylic acids is 1. The highest BCUT2D eigenvalue weighted by molar-refractivity contribution is 7.47. The molecule has 0 aromatic heterocycles. The first-order valence-corrected chi connectivity index (χ1v) is 23.3. The highest BCUT2D eigenvalue weighted by Crippen LogP contribution is 2.43. The minimum Gasteiger partial charge on any atom is -0.480 e. The Bertz CT molecular complexity index is 1370. The average molecular weight is 866 g/mol. The third-order valence-corrected chi connectivity index (χ3v) is 9.78. The van der Waals surface area contributed by atoms with Gasteiger partial charge in [-0.2, -0.15) is 0 Å². The second kappa shape index (κ2) is 39.7. The van der Waals surface area contributed by atoms with Crippen molar-refractivity contribution in [1.29, 1.82) is 0 Å². The zero-order chi connectivity index (χ0) is 44.5. The third-order valence-electron chi connectivity index (χ3n) is 8.83. The van der Waals surface area contributed by atoms with Gasteiger partial charge in [-0.3, -0.25) is 23.4 Å². The van der Waals surface area contributed by atoms with Crippen LogP contribution in [0.25, 0.3) is 0 Å². The summed E-state index contributed by atoms with van der Waals surface area (Å²) < 4.78 is 32.5. The number of unbranched alkanes of at least 4 members (excludes halogenated alkanes) is 7. The summed E-state index contributed by atoms with van der Waals surface area (Å²) in [6, 6.07) is -1.58. The molecule has 342 valence electrons. The smallest absolute Gasteiger partial charge is 0.472 e. The lowest BCUT2D eigenvalue weighted by Crippen LogP contribution is -2.34. The van der Waals surface area contributed by atoms with Gasteiger partial charge in [0.25, 0.3) is 0 Å². The van der Waals surface area contributed by atoms with Gasteiger partial charge in [0, 0.05) is 12.8 Å². The van der Waals surface area contributed by atoms with E-state index in [9.17, 15) is 34.1 Å². The van der Waals surface area contributed by atoms with Crippen molar-refractivity contribution in [2.45, 2.75) is 167 Å². The van der Waals surface area contributed by atoms with Crippen LogP contribution in [0.4, 0.5) is 0 Å². The molecule has 0 bridgehead atoms. The summed E-state index contributed by atoms with van der Waals surface area (Å²) in [6.07, 6.45) is 41.0. The standard InChI is InChI=1S/C46H76NO12P/c1-3-5-7-9-11-13-15-17-18-19-20-21-23-25-27-29-31-35-44(50)56-37-40(38-57-60(54,55)58-39-41(47)46(52)53)59-45(51)36-32-34-43(49)42(48)33-30-28-26-24-22-16-14-12-10-8-6-4-2/h5,7,11-14,17-18,20-22,24,28,30,40-43,48-49H,3-4,6,8-10,15-16,19,23,25-27,29,31-39,47H2,1-2H3,(H,52,53)(H,54,55)/b7-5-,13-11-,14-12-,18-17-,21-20-,24-22-,30-28-/t40-,41+,42?,43?/m1/s1. The molecule has 5 atom stereocenters. The Labute approximate surface area is 359 Å². The normalized spacial score (nSPS) is 15.6. The number of aliphatic hydroxyl groups is 2. The monoisotopic (exact) mass is 866 g/mol. The summed E-state index contributed by atoms with van der Waals surface area (Å²) in [6.45, 7) is 2.32. The van der Waals surface area contributed by atoms with Crippen LogP contribution in [0.2, 0.25) is 0 Å². The summed E-state index contributed by atoms with van der Waals surface area (Å²) in [5.74, 6) is -2.74. The van der Waals surface area contributed by atoms with E-state index in [2.05, 4.69) is 85.2 Å². The SMILES string of the molecule is CC/C=C\C/C=C\C/C=C\C/C=C\CCCCCCC(=O)OC[C@H](COP(=O)(O)OC[C@H](N)C(=O)O)OC(=O)CCCC(O)C(O)C/C=C\C/C=C\C/C=C\CCCCC. The van der Waals surface area contributed by atoms with E-state index in [4.69, 9.17) is 24.8 Å². The first-order chi connectivity index (χ1) is 28.9. The molecule has 0 aliphatic rings. The number of hydrogen-bond acceptors (Lipinski definition) is 11. The number of rotatable bonds is 39. The number of phosphoric acid groups is 1. The molecule has 13 nitrogen and oxygen atoms in total. The maximum atomic E-state index is 12.7. The Morgan fingerprint density at radius 3 is 1.67 bits per heavy atom. The number of ether oxygens (including phenoxy) is 2. The fourth-order valence-electron chi connectivity index (χ4n) is 5.27. The molecule has 3 unspecified atom stereocenters. The maximum Gasteiger partial charge on any atom is 0.472 e. The van der Waals surface area contributed by atoms with Crippen molar-refractivity contribution in [3.63, 3.8) is 0 Å². The minimum atomic E-state index is -4.81. The first kappa shape index (κ1) is 56.6. The van der Waals surface area contributed by atoms with Crippen LogP contribution in [-0.4, -0.2) is 82.3 Å². The van der Waals surface area contributed by atoms with Gasteiger partial charge < -0.3 is 35.4 Å². The lowest BCUT2D eigenvalue weighted by Gasteiger charge is -2.20. The fraction of sp³-hybridized carbons (Fsp3) is 0.630. The molecule has 0 aromatic carbocycles. The highest BCUT2D eigenvalue weighted by atomic mass is 31.2. The van der Waals surface area contributed by atoms with Crippen LogP contribution in [0.15, 0.2) is 85.1 Å². The molecule has 0 aliphatic carbocycles. The predicted octanol–water partition coefficient (Wildman–Crippen LogP) is 9.44. The molecule has 0 amide bonds. The molecular formula is C46H76NO12P. The van der Waals surface area contributed by atoms with E-state index in [1.54, 1.807) is 6.08 Å². The number of aliphatic hydroxyl groups excluding tert-OH is 2. The molecule has 0 saturated carbocycles. The van der Waals surface area contributed by atoms with E-state index in [0.29, 0.717) is 12.8 Å². The summed E-state index contributed by atoms with van der Waals surface area (Å²) in [4.78, 5) is 46.0. The van der Waals surface area contributed by atoms with Gasteiger partial charge in [-0.1, -0.05) is 125 Å². The van der Waals surface area contributed by atoms with Crippen molar-refractivity contribution in [2.75, 3.05) is 19.8 Å². The van der Waals surface area contributed by atoms with E-state index in [1.165, 1.54) is 19.3 Å². The quantitative estimate of drug-likeness (QED) is 0.0169. The third kappa shape index (κ3) is 37.6. The van der Waals surface area contributed by atoms with Gasteiger partial charge in [0.2, 0.25) is 0 Å². The maximum absolute atomic E-state index is 12.7. The molecule has 0 spiro atoms. The molecular weight excluding hydrogens is 789 g/mol. The Hall–Kier alpha value is -3.42. The molecule has 6 N–H and O–H groups in total. The Morgan fingerprint density at radius 2 is 1.10 bits per heavy atom. The first-order valence-electron chi connectivity index (χ1n) is 21.8. The highest BCUT2D eigenvalue weighted by Gasteiger charge is 2.28. The number of hydrogen-bond donors (Lipinski definition) is 5. The van der Waals surface area contributed by atoms with E-state index < -0.39 is 69.9 Å². The molecule has 60 heavy (non-hydrogen) atoms. The molecule has 14 heteroatoms. The Balaban J connectivity index is 4.67. The fourth-order valence-corrected chi connectivity index (χ4v) is 6.05. The van der Waals surface area contributed by atoms with E-state index in [0.717, 1.165) is 64.2 Å². The second-order valence-corrected chi connectivity index (χ2v) is 15.9. The van der Waals surface area contributed by atoms with Crippen molar-refractivity contribution < 1.29 is 57.7 Å². The lowest BCUT2D eigenvalue weighted by molar-refractivity contribution is -0.161. The number of nitrogens with two attached hydrogens (primary N) is 1. The molecule has 0 aliphatic heterocycles. The minimum absolute atomic E-state index is 0.109. The van der Waals surface area contributed by atoms with Crippen LogP contribution >= 0.6 is 7.82 Å². The van der Waals surface area contributed by atoms with Crippen LogP contribution < -0.4 is 5.73 Å².